The molecule has 1 unspecified atom stereocenters. The first-order valence-electron chi connectivity index (χ1n) is 6.16. The van der Waals surface area contributed by atoms with Crippen LogP contribution in [-0.4, -0.2) is 38.3 Å². The molecule has 1 saturated heterocycles. The Morgan fingerprint density at radius 3 is 3.00 bits per heavy atom. The fourth-order valence-electron chi connectivity index (χ4n) is 2.06. The lowest BCUT2D eigenvalue weighted by Crippen LogP contribution is -2.42. The normalized spacial score (nSPS) is 21.7. The molecule has 4 nitrogen and oxygen atoms in total. The topological polar surface area (TPSA) is 50.4 Å². The maximum atomic E-state index is 13.0. The van der Waals surface area contributed by atoms with Crippen molar-refractivity contribution in [3.8, 4) is 0 Å². The zero-order chi connectivity index (χ0) is 13.7. The summed E-state index contributed by atoms with van der Waals surface area (Å²) in [4.78, 5) is 11.7. The minimum absolute atomic E-state index is 0. The van der Waals surface area contributed by atoms with Gasteiger partial charge in [-0.1, -0.05) is 12.1 Å². The van der Waals surface area contributed by atoms with Gasteiger partial charge in [-0.3, -0.25) is 4.79 Å². The van der Waals surface area contributed by atoms with Crippen LogP contribution in [0.25, 0.3) is 6.08 Å². The van der Waals surface area contributed by atoms with Crippen molar-refractivity contribution >= 4 is 24.4 Å². The van der Waals surface area contributed by atoms with E-state index in [2.05, 4.69) is 10.6 Å². The van der Waals surface area contributed by atoms with Crippen molar-refractivity contribution in [3.05, 3.63) is 41.7 Å². The Labute approximate surface area is 123 Å². The average molecular weight is 301 g/mol. The number of methoxy groups -OCH3 is 1. The van der Waals surface area contributed by atoms with Gasteiger partial charge in [-0.05, 0) is 23.8 Å². The van der Waals surface area contributed by atoms with E-state index in [4.69, 9.17) is 4.74 Å². The van der Waals surface area contributed by atoms with Crippen molar-refractivity contribution in [3.63, 3.8) is 0 Å². The molecule has 0 saturated carbocycles. The largest absolute Gasteiger partial charge is 0.378 e. The summed E-state index contributed by atoms with van der Waals surface area (Å²) in [6, 6.07) is 6.05. The van der Waals surface area contributed by atoms with Gasteiger partial charge >= 0.3 is 0 Å². The van der Waals surface area contributed by atoms with Crippen LogP contribution >= 0.6 is 12.4 Å². The smallest absolute Gasteiger partial charge is 0.244 e. The third kappa shape index (κ3) is 4.59. The van der Waals surface area contributed by atoms with E-state index in [0.717, 1.165) is 6.54 Å². The van der Waals surface area contributed by atoms with Gasteiger partial charge in [0.15, 0.2) is 0 Å². The summed E-state index contributed by atoms with van der Waals surface area (Å²) in [6.07, 6.45) is 2.98. The standard InChI is InChI=1S/C14H17FN2O2.ClH/c1-19-13-9-16-8-12(13)17-14(18)6-5-10-3-2-4-11(15)7-10;/h2-7,12-13,16H,8-9H2,1H3,(H,17,18);1H/t12?,13-;/m0./s1. The highest BCUT2D eigenvalue weighted by molar-refractivity contribution is 5.92. The quantitative estimate of drug-likeness (QED) is 0.826. The van der Waals surface area contributed by atoms with Crippen molar-refractivity contribution in [2.75, 3.05) is 20.2 Å². The molecule has 2 atom stereocenters. The highest BCUT2D eigenvalue weighted by Crippen LogP contribution is 2.06. The summed E-state index contributed by atoms with van der Waals surface area (Å²) in [5.74, 6) is -0.526. The van der Waals surface area contributed by atoms with E-state index in [1.807, 2.05) is 0 Å². The molecule has 1 amide bonds. The molecule has 110 valence electrons. The molecule has 0 spiro atoms. The van der Waals surface area contributed by atoms with Gasteiger partial charge in [-0.2, -0.15) is 0 Å². The van der Waals surface area contributed by atoms with Crippen molar-refractivity contribution in [2.24, 2.45) is 0 Å². The molecule has 2 rings (SSSR count). The lowest BCUT2D eigenvalue weighted by molar-refractivity contribution is -0.117. The first kappa shape index (κ1) is 16.6. The molecule has 1 aliphatic heterocycles. The summed E-state index contributed by atoms with van der Waals surface area (Å²) >= 11 is 0. The molecule has 1 aliphatic rings. The minimum Gasteiger partial charge on any atom is -0.378 e. The van der Waals surface area contributed by atoms with Gasteiger partial charge in [0.1, 0.15) is 5.82 Å². The molecule has 1 heterocycles. The Balaban J connectivity index is 0.00000200. The fraction of sp³-hybridized carbons (Fsp3) is 0.357. The maximum Gasteiger partial charge on any atom is 0.244 e. The molecule has 1 aromatic carbocycles. The first-order valence-corrected chi connectivity index (χ1v) is 6.16. The Morgan fingerprint density at radius 2 is 2.30 bits per heavy atom. The number of rotatable bonds is 4. The number of carbonyl (C=O) groups excluding carboxylic acids is 1. The van der Waals surface area contributed by atoms with Crippen LogP contribution in [0.5, 0.6) is 0 Å². The Hall–Kier alpha value is -1.43. The third-order valence-corrected chi connectivity index (χ3v) is 3.06. The molecule has 0 aromatic heterocycles. The predicted octanol–water partition coefficient (Wildman–Crippen LogP) is 1.36. The van der Waals surface area contributed by atoms with Gasteiger partial charge in [0.05, 0.1) is 12.1 Å². The lowest BCUT2D eigenvalue weighted by Gasteiger charge is -2.17. The summed E-state index contributed by atoms with van der Waals surface area (Å²) in [6.45, 7) is 1.42. The first-order chi connectivity index (χ1) is 9.19. The van der Waals surface area contributed by atoms with E-state index >= 15 is 0 Å². The van der Waals surface area contributed by atoms with E-state index < -0.39 is 0 Å². The van der Waals surface area contributed by atoms with Crippen LogP contribution in [0.3, 0.4) is 0 Å². The fourth-order valence-corrected chi connectivity index (χ4v) is 2.06. The van der Waals surface area contributed by atoms with E-state index in [0.29, 0.717) is 12.1 Å². The number of benzene rings is 1. The van der Waals surface area contributed by atoms with Crippen LogP contribution in [0.1, 0.15) is 5.56 Å². The average Bonchev–Trinajstić information content (AvgIpc) is 2.84. The van der Waals surface area contributed by atoms with E-state index in [-0.39, 0.29) is 36.3 Å². The van der Waals surface area contributed by atoms with E-state index in [1.54, 1.807) is 25.3 Å². The Kier molecular flexibility index (Phi) is 6.64. The van der Waals surface area contributed by atoms with Gasteiger partial charge in [-0.25, -0.2) is 4.39 Å². The summed E-state index contributed by atoms with van der Waals surface area (Å²) in [7, 11) is 1.62. The highest BCUT2D eigenvalue weighted by Gasteiger charge is 2.27. The lowest BCUT2D eigenvalue weighted by atomic mass is 10.2. The van der Waals surface area contributed by atoms with Gasteiger partial charge < -0.3 is 15.4 Å². The molecule has 6 heteroatoms. The monoisotopic (exact) mass is 300 g/mol. The van der Waals surface area contributed by atoms with Gasteiger partial charge in [0, 0.05) is 26.3 Å². The number of nitrogens with one attached hydrogen (secondary N) is 2. The molecular weight excluding hydrogens is 283 g/mol. The zero-order valence-corrected chi connectivity index (χ0v) is 12.0. The second-order valence-electron chi connectivity index (χ2n) is 4.44. The third-order valence-electron chi connectivity index (χ3n) is 3.06. The minimum atomic E-state index is -0.318. The number of halogens is 2. The van der Waals surface area contributed by atoms with E-state index in [9.17, 15) is 9.18 Å². The Morgan fingerprint density at radius 1 is 1.50 bits per heavy atom. The predicted molar refractivity (Wildman–Crippen MR) is 78.3 cm³/mol. The molecule has 0 bridgehead atoms. The van der Waals surface area contributed by atoms with Gasteiger partial charge in [0.2, 0.25) is 5.91 Å². The molecule has 20 heavy (non-hydrogen) atoms. The molecule has 1 aromatic rings. The number of ether oxygens (including phenoxy) is 1. The van der Waals surface area contributed by atoms with Gasteiger partial charge in [0.25, 0.3) is 0 Å². The highest BCUT2D eigenvalue weighted by atomic mass is 35.5. The molecule has 0 aliphatic carbocycles. The van der Waals surface area contributed by atoms with Crippen molar-refractivity contribution in [1.82, 2.24) is 10.6 Å². The number of amides is 1. The summed E-state index contributed by atoms with van der Waals surface area (Å²) < 4.78 is 18.2. The number of hydrogen-bond acceptors (Lipinski definition) is 3. The molecule has 2 N–H and O–H groups in total. The van der Waals surface area contributed by atoms with Crippen LogP contribution in [0, 0.1) is 5.82 Å². The van der Waals surface area contributed by atoms with Crippen molar-refractivity contribution < 1.29 is 13.9 Å². The number of hydrogen-bond donors (Lipinski definition) is 2. The number of carbonyl (C=O) groups is 1. The molecule has 0 radical (unpaired) electrons. The van der Waals surface area contributed by atoms with Crippen LogP contribution in [-0.2, 0) is 9.53 Å². The summed E-state index contributed by atoms with van der Waals surface area (Å²) in [5, 5.41) is 6.00. The Bertz CT molecular complexity index is 482. The summed E-state index contributed by atoms with van der Waals surface area (Å²) in [5.41, 5.74) is 0.656. The second-order valence-corrected chi connectivity index (χ2v) is 4.44. The van der Waals surface area contributed by atoms with Gasteiger partial charge in [-0.15, -0.1) is 12.4 Å². The van der Waals surface area contributed by atoms with Crippen LogP contribution < -0.4 is 10.6 Å². The zero-order valence-electron chi connectivity index (χ0n) is 11.1. The maximum absolute atomic E-state index is 13.0. The molecule has 1 fully saturated rings. The van der Waals surface area contributed by atoms with E-state index in [1.165, 1.54) is 18.2 Å². The SMILES string of the molecule is CO[C@H]1CNCC1NC(=O)C=Cc1cccc(F)c1.Cl. The van der Waals surface area contributed by atoms with Crippen LogP contribution in [0.4, 0.5) is 4.39 Å². The second kappa shape index (κ2) is 7.99. The van der Waals surface area contributed by atoms with Crippen LogP contribution in [0.2, 0.25) is 0 Å². The van der Waals surface area contributed by atoms with Crippen LogP contribution in [0.15, 0.2) is 30.3 Å². The molecular formula is C14H18ClFN2O2. The van der Waals surface area contributed by atoms with Crippen molar-refractivity contribution in [1.29, 1.82) is 0 Å². The van der Waals surface area contributed by atoms with Crippen molar-refractivity contribution in [2.45, 2.75) is 12.1 Å².